The van der Waals surface area contributed by atoms with Gasteiger partial charge in [-0.15, -0.1) is 0 Å². The predicted octanol–water partition coefficient (Wildman–Crippen LogP) is 2.46. The molecule has 7 heteroatoms. The van der Waals surface area contributed by atoms with Crippen molar-refractivity contribution < 1.29 is 19.1 Å². The minimum absolute atomic E-state index is 0.00239. The van der Waals surface area contributed by atoms with Crippen LogP contribution in [0.5, 0.6) is 0 Å². The van der Waals surface area contributed by atoms with E-state index in [0.717, 1.165) is 5.69 Å². The maximum Gasteiger partial charge on any atom is 0.409 e. The van der Waals surface area contributed by atoms with Gasteiger partial charge in [-0.1, -0.05) is 26.0 Å². The number of carbonyl (C=O) groups is 3. The summed E-state index contributed by atoms with van der Waals surface area (Å²) in [6.45, 7) is 6.76. The average molecular weight is 387 g/mol. The van der Waals surface area contributed by atoms with Gasteiger partial charge in [0.2, 0.25) is 11.8 Å². The van der Waals surface area contributed by atoms with Crippen molar-refractivity contribution in [3.05, 3.63) is 29.8 Å². The van der Waals surface area contributed by atoms with E-state index in [-0.39, 0.29) is 30.2 Å². The minimum atomic E-state index is -0.360. The average Bonchev–Trinajstić information content (AvgIpc) is 2.92. The summed E-state index contributed by atoms with van der Waals surface area (Å²) in [5, 5.41) is 0. The third kappa shape index (κ3) is 4.29. The molecular formula is C21H29N3O4. The molecule has 1 aromatic carbocycles. The van der Waals surface area contributed by atoms with Crippen LogP contribution in [0.15, 0.2) is 24.3 Å². The molecule has 7 nitrogen and oxygen atoms in total. The van der Waals surface area contributed by atoms with Crippen molar-refractivity contribution in [1.29, 1.82) is 0 Å². The molecule has 0 radical (unpaired) electrons. The first-order valence-corrected chi connectivity index (χ1v) is 9.92. The fourth-order valence-electron chi connectivity index (χ4n) is 3.88. The fourth-order valence-corrected chi connectivity index (χ4v) is 3.88. The summed E-state index contributed by atoms with van der Waals surface area (Å²) >= 11 is 0. The van der Waals surface area contributed by atoms with E-state index in [0.29, 0.717) is 45.1 Å². The Bertz CT molecular complexity index is 749. The molecule has 2 aliphatic rings. The number of nitrogens with zero attached hydrogens (tertiary/aromatic N) is 3. The Hall–Kier alpha value is -2.57. The topological polar surface area (TPSA) is 70.2 Å². The highest BCUT2D eigenvalue weighted by Crippen LogP contribution is 2.29. The molecule has 1 aromatic rings. The Balaban J connectivity index is 1.65. The number of hydrogen-bond donors (Lipinski definition) is 0. The predicted molar refractivity (Wildman–Crippen MR) is 106 cm³/mol. The first kappa shape index (κ1) is 20.2. The second kappa shape index (κ2) is 8.63. The zero-order valence-corrected chi connectivity index (χ0v) is 16.9. The van der Waals surface area contributed by atoms with Crippen LogP contribution in [0.1, 0.15) is 38.2 Å². The van der Waals surface area contributed by atoms with Crippen LogP contribution in [0, 0.1) is 5.92 Å². The van der Waals surface area contributed by atoms with Gasteiger partial charge >= 0.3 is 6.09 Å². The van der Waals surface area contributed by atoms with Crippen molar-refractivity contribution in [1.82, 2.24) is 9.80 Å². The Morgan fingerprint density at radius 2 is 1.82 bits per heavy atom. The number of benzene rings is 1. The Morgan fingerprint density at radius 3 is 2.54 bits per heavy atom. The van der Waals surface area contributed by atoms with Gasteiger partial charge in [-0.25, -0.2) is 4.79 Å². The van der Waals surface area contributed by atoms with Crippen LogP contribution in [0.25, 0.3) is 0 Å². The van der Waals surface area contributed by atoms with Gasteiger partial charge in [0, 0.05) is 44.8 Å². The Morgan fingerprint density at radius 1 is 1.11 bits per heavy atom. The van der Waals surface area contributed by atoms with Crippen molar-refractivity contribution in [2.75, 3.05) is 44.7 Å². The van der Waals surface area contributed by atoms with Gasteiger partial charge in [-0.3, -0.25) is 9.59 Å². The number of anilines is 1. The first-order chi connectivity index (χ1) is 13.4. The summed E-state index contributed by atoms with van der Waals surface area (Å²) in [6.07, 6.45) is 0.588. The number of carbonyl (C=O) groups excluding carboxylic acids is 3. The third-order valence-corrected chi connectivity index (χ3v) is 5.56. The van der Waals surface area contributed by atoms with Crippen molar-refractivity contribution in [3.8, 4) is 0 Å². The molecule has 1 atom stereocenters. The zero-order chi connectivity index (χ0) is 20.3. The van der Waals surface area contributed by atoms with Gasteiger partial charge in [0.25, 0.3) is 0 Å². The highest BCUT2D eigenvalue weighted by atomic mass is 16.5. The summed E-state index contributed by atoms with van der Waals surface area (Å²) < 4.78 is 4.78. The van der Waals surface area contributed by atoms with E-state index in [9.17, 15) is 14.4 Å². The third-order valence-electron chi connectivity index (χ3n) is 5.56. The molecule has 152 valence electrons. The summed E-state index contributed by atoms with van der Waals surface area (Å²) in [5.74, 6) is 0.0395. The molecule has 2 saturated heterocycles. The van der Waals surface area contributed by atoms with Crippen LogP contribution < -0.4 is 4.90 Å². The first-order valence-electron chi connectivity index (χ1n) is 9.92. The second-order valence-electron chi connectivity index (χ2n) is 7.79. The zero-order valence-electron chi connectivity index (χ0n) is 16.9. The maximum absolute atomic E-state index is 13.0. The normalized spacial score (nSPS) is 20.5. The Kier molecular flexibility index (Phi) is 6.21. The van der Waals surface area contributed by atoms with Crippen molar-refractivity contribution in [3.63, 3.8) is 0 Å². The minimum Gasteiger partial charge on any atom is -0.453 e. The molecule has 0 bridgehead atoms. The van der Waals surface area contributed by atoms with Gasteiger partial charge in [-0.2, -0.15) is 0 Å². The van der Waals surface area contributed by atoms with E-state index in [1.807, 2.05) is 18.2 Å². The maximum atomic E-state index is 13.0. The molecule has 1 unspecified atom stereocenters. The Labute approximate surface area is 166 Å². The second-order valence-corrected chi connectivity index (χ2v) is 7.79. The molecule has 0 N–H and O–H groups in total. The molecule has 0 aromatic heterocycles. The van der Waals surface area contributed by atoms with Crippen molar-refractivity contribution in [2.45, 2.75) is 32.6 Å². The summed E-state index contributed by atoms with van der Waals surface area (Å²) in [4.78, 5) is 42.5. The van der Waals surface area contributed by atoms with Crippen molar-refractivity contribution in [2.24, 2.45) is 5.92 Å². The molecule has 2 fully saturated rings. The van der Waals surface area contributed by atoms with Gasteiger partial charge in [0.1, 0.15) is 0 Å². The number of amides is 3. The lowest BCUT2D eigenvalue weighted by Crippen LogP contribution is -2.40. The molecule has 0 spiro atoms. The van der Waals surface area contributed by atoms with E-state index in [2.05, 4.69) is 19.9 Å². The van der Waals surface area contributed by atoms with Crippen LogP contribution in [-0.4, -0.2) is 67.5 Å². The number of methoxy groups -OCH3 is 1. The van der Waals surface area contributed by atoms with E-state index in [1.54, 1.807) is 14.7 Å². The quantitative estimate of drug-likeness (QED) is 0.799. The molecule has 2 aliphatic heterocycles. The van der Waals surface area contributed by atoms with E-state index in [4.69, 9.17) is 4.74 Å². The number of hydrogen-bond acceptors (Lipinski definition) is 4. The van der Waals surface area contributed by atoms with Gasteiger partial charge in [0.05, 0.1) is 13.0 Å². The summed E-state index contributed by atoms with van der Waals surface area (Å²) in [5.41, 5.74) is 2.04. The highest BCUT2D eigenvalue weighted by molar-refractivity contribution is 6.00. The van der Waals surface area contributed by atoms with Crippen molar-refractivity contribution >= 4 is 23.6 Å². The smallest absolute Gasteiger partial charge is 0.409 e. The lowest BCUT2D eigenvalue weighted by atomic mass is 10.0. The molecule has 3 rings (SSSR count). The fraction of sp³-hybridized carbons (Fsp3) is 0.571. The van der Waals surface area contributed by atoms with Gasteiger partial charge in [0.15, 0.2) is 0 Å². The van der Waals surface area contributed by atoms with Crippen LogP contribution in [-0.2, 0) is 14.3 Å². The van der Waals surface area contributed by atoms with Crippen LogP contribution >= 0.6 is 0 Å². The standard InChI is InChI=1S/C21H29N3O4/c1-15(2)16-6-4-7-18(12-16)24-14-17(13-19(24)25)20(26)22-8-5-9-23(11-10-22)21(27)28-3/h4,6-7,12,15,17H,5,8-11,13-14H2,1-3H3. The number of ether oxygens (including phenoxy) is 1. The molecule has 3 amide bonds. The molecular weight excluding hydrogens is 358 g/mol. The summed E-state index contributed by atoms with van der Waals surface area (Å²) in [7, 11) is 1.36. The lowest BCUT2D eigenvalue weighted by Gasteiger charge is -2.24. The number of rotatable bonds is 3. The van der Waals surface area contributed by atoms with E-state index < -0.39 is 0 Å². The van der Waals surface area contributed by atoms with Gasteiger partial charge in [-0.05, 0) is 30.0 Å². The highest BCUT2D eigenvalue weighted by Gasteiger charge is 2.37. The van der Waals surface area contributed by atoms with Crippen LogP contribution in [0.4, 0.5) is 10.5 Å². The molecule has 0 saturated carbocycles. The lowest BCUT2D eigenvalue weighted by molar-refractivity contribution is -0.135. The van der Waals surface area contributed by atoms with Crippen LogP contribution in [0.3, 0.4) is 0 Å². The van der Waals surface area contributed by atoms with E-state index >= 15 is 0 Å². The van der Waals surface area contributed by atoms with Gasteiger partial charge < -0.3 is 19.4 Å². The summed E-state index contributed by atoms with van der Waals surface area (Å²) in [6, 6.07) is 7.98. The van der Waals surface area contributed by atoms with E-state index in [1.165, 1.54) is 12.7 Å². The monoisotopic (exact) mass is 387 g/mol. The molecule has 0 aliphatic carbocycles. The van der Waals surface area contributed by atoms with Crippen LogP contribution in [0.2, 0.25) is 0 Å². The SMILES string of the molecule is COC(=O)N1CCCN(C(=O)C2CC(=O)N(c3cccc(C(C)C)c3)C2)CC1. The molecule has 2 heterocycles. The molecule has 28 heavy (non-hydrogen) atoms. The largest absolute Gasteiger partial charge is 0.453 e.